The van der Waals surface area contributed by atoms with Crippen LogP contribution in [0.5, 0.6) is 0 Å². The summed E-state index contributed by atoms with van der Waals surface area (Å²) < 4.78 is 5.12. The number of ketones is 1. The minimum atomic E-state index is -0.991. The molecular weight excluding hydrogens is 396 g/mol. The van der Waals surface area contributed by atoms with Gasteiger partial charge in [0.05, 0.1) is 6.26 Å². The molecule has 1 unspecified atom stereocenters. The van der Waals surface area contributed by atoms with Crippen molar-refractivity contribution in [2.45, 2.75) is 23.4 Å². The van der Waals surface area contributed by atoms with Crippen molar-refractivity contribution in [2.75, 3.05) is 0 Å². The van der Waals surface area contributed by atoms with E-state index in [1.54, 1.807) is 18.0 Å². The lowest BCUT2D eigenvalue weighted by molar-refractivity contribution is 0.0809. The Morgan fingerprint density at radius 1 is 0.897 bits per heavy atom. The van der Waals surface area contributed by atoms with E-state index in [1.807, 2.05) is 67.6 Å². The Balaban J connectivity index is 1.56. The molecule has 2 nitrogen and oxygen atoms in total. The predicted octanol–water partition coefficient (Wildman–Crippen LogP) is 6.61. The van der Waals surface area contributed by atoms with E-state index in [2.05, 4.69) is 24.3 Å². The van der Waals surface area contributed by atoms with Crippen LogP contribution in [0.25, 0.3) is 0 Å². The number of benzene rings is 3. The number of carbonyl (C=O) groups is 1. The van der Waals surface area contributed by atoms with Crippen LogP contribution >= 0.6 is 23.5 Å². The lowest BCUT2D eigenvalue weighted by Gasteiger charge is -2.26. The summed E-state index contributed by atoms with van der Waals surface area (Å²) in [6.45, 7) is 2.02. The Hall–Kier alpha value is -2.43. The zero-order chi connectivity index (χ0) is 20.1. The fourth-order valence-corrected chi connectivity index (χ4v) is 5.74. The van der Waals surface area contributed by atoms with Crippen molar-refractivity contribution in [3.8, 4) is 0 Å². The molecule has 0 N–H and O–H groups in total. The molecule has 1 heterocycles. The van der Waals surface area contributed by atoms with Crippen molar-refractivity contribution >= 4 is 29.3 Å². The molecule has 0 aliphatic carbocycles. The van der Waals surface area contributed by atoms with Gasteiger partial charge < -0.3 is 4.74 Å². The summed E-state index contributed by atoms with van der Waals surface area (Å²) in [5.74, 6) is 0.709. The molecule has 4 rings (SSSR count). The van der Waals surface area contributed by atoms with Gasteiger partial charge in [-0.05, 0) is 18.1 Å². The second-order valence-corrected chi connectivity index (χ2v) is 9.71. The Morgan fingerprint density at radius 2 is 1.52 bits per heavy atom. The molecule has 4 heteroatoms. The number of carbonyl (C=O) groups excluding carboxylic acids is 1. The van der Waals surface area contributed by atoms with Crippen LogP contribution in [0.1, 0.15) is 27.0 Å². The second-order valence-electron chi connectivity index (χ2n) is 6.99. The minimum absolute atomic E-state index is 0.00254. The van der Waals surface area contributed by atoms with Crippen LogP contribution in [0.15, 0.2) is 96.1 Å². The fraction of sp³-hybridized carbons (Fsp3) is 0.160. The van der Waals surface area contributed by atoms with E-state index in [-0.39, 0.29) is 5.78 Å². The number of hydrogen-bond donors (Lipinski definition) is 0. The van der Waals surface area contributed by atoms with Gasteiger partial charge in [0.1, 0.15) is 0 Å². The lowest BCUT2D eigenvalue weighted by Crippen LogP contribution is -2.31. The van der Waals surface area contributed by atoms with Gasteiger partial charge in [-0.25, -0.2) is 0 Å². The van der Waals surface area contributed by atoms with E-state index in [4.69, 9.17) is 4.74 Å². The number of hydrogen-bond acceptors (Lipinski definition) is 4. The standard InChI is InChI=1S/C25H22O2S2/c1-19-12-14-22(15-13-19)24(26)25(28-18-21-10-6-3-7-11-21)27-17-23(29-25)16-20-8-4-2-5-9-20/h2-15,17H,16,18H2,1H3. The van der Waals surface area contributed by atoms with Gasteiger partial charge in [-0.15, -0.1) is 0 Å². The Bertz CT molecular complexity index is 998. The highest BCUT2D eigenvalue weighted by Gasteiger charge is 2.46. The zero-order valence-electron chi connectivity index (χ0n) is 16.2. The lowest BCUT2D eigenvalue weighted by atomic mass is 10.1. The number of Topliss-reactive ketones (excluding diaryl/α,β-unsaturated/α-hetero) is 1. The van der Waals surface area contributed by atoms with E-state index >= 15 is 0 Å². The molecule has 1 aliphatic rings. The molecule has 0 radical (unpaired) electrons. The van der Waals surface area contributed by atoms with Gasteiger partial charge in [-0.3, -0.25) is 4.79 Å². The molecule has 1 aliphatic heterocycles. The van der Waals surface area contributed by atoms with Crippen molar-refractivity contribution in [1.29, 1.82) is 0 Å². The molecule has 0 fully saturated rings. The summed E-state index contributed by atoms with van der Waals surface area (Å²) in [5.41, 5.74) is 4.20. The molecular formula is C25H22O2S2. The smallest absolute Gasteiger partial charge is 0.268 e. The third-order valence-electron chi connectivity index (χ3n) is 4.70. The molecule has 3 aromatic carbocycles. The summed E-state index contributed by atoms with van der Waals surface area (Å²) in [7, 11) is 0. The van der Waals surface area contributed by atoms with Gasteiger partial charge in [-0.2, -0.15) is 0 Å². The molecule has 1 atom stereocenters. The van der Waals surface area contributed by atoms with Crippen LogP contribution in [0.2, 0.25) is 0 Å². The summed E-state index contributed by atoms with van der Waals surface area (Å²) in [5, 5.41) is 0. The number of rotatable bonds is 7. The third kappa shape index (κ3) is 4.77. The first kappa shape index (κ1) is 19.9. The monoisotopic (exact) mass is 418 g/mol. The highest BCUT2D eigenvalue weighted by molar-refractivity contribution is 8.20. The highest BCUT2D eigenvalue weighted by atomic mass is 32.2. The van der Waals surface area contributed by atoms with Crippen LogP contribution in [0, 0.1) is 6.92 Å². The van der Waals surface area contributed by atoms with Crippen molar-refractivity contribution in [3.05, 3.63) is 118 Å². The van der Waals surface area contributed by atoms with Gasteiger partial charge in [0.25, 0.3) is 4.27 Å². The van der Waals surface area contributed by atoms with E-state index in [1.165, 1.54) is 22.9 Å². The Kier molecular flexibility index (Phi) is 6.12. The van der Waals surface area contributed by atoms with Crippen molar-refractivity contribution in [3.63, 3.8) is 0 Å². The first-order valence-electron chi connectivity index (χ1n) is 9.54. The van der Waals surface area contributed by atoms with Crippen molar-refractivity contribution in [1.82, 2.24) is 0 Å². The molecule has 0 amide bonds. The SMILES string of the molecule is Cc1ccc(C(=O)C2(SCc3ccccc3)OC=C(Cc3ccccc3)S2)cc1. The second kappa shape index (κ2) is 8.93. The maximum absolute atomic E-state index is 13.5. The van der Waals surface area contributed by atoms with Gasteiger partial charge in [-0.1, -0.05) is 114 Å². The van der Waals surface area contributed by atoms with E-state index < -0.39 is 4.27 Å². The summed E-state index contributed by atoms with van der Waals surface area (Å²) >= 11 is 3.08. The van der Waals surface area contributed by atoms with Crippen LogP contribution in [-0.4, -0.2) is 10.0 Å². The van der Waals surface area contributed by atoms with E-state index in [0.29, 0.717) is 11.3 Å². The Labute approximate surface area is 180 Å². The molecule has 0 aromatic heterocycles. The molecule has 0 saturated carbocycles. The van der Waals surface area contributed by atoms with Gasteiger partial charge in [0.2, 0.25) is 5.78 Å². The maximum atomic E-state index is 13.5. The quantitative estimate of drug-likeness (QED) is 0.403. The normalized spacial score (nSPS) is 18.2. The molecule has 3 aromatic rings. The van der Waals surface area contributed by atoms with Crippen molar-refractivity contribution < 1.29 is 9.53 Å². The summed E-state index contributed by atoms with van der Waals surface area (Å²) in [6.07, 6.45) is 2.53. The average molecular weight is 419 g/mol. The number of thioether (sulfide) groups is 2. The largest absolute Gasteiger partial charge is 0.466 e. The summed E-state index contributed by atoms with van der Waals surface area (Å²) in [4.78, 5) is 14.6. The first-order valence-corrected chi connectivity index (χ1v) is 11.3. The van der Waals surface area contributed by atoms with Crippen LogP contribution in [0.3, 0.4) is 0 Å². The third-order valence-corrected chi connectivity index (χ3v) is 7.49. The van der Waals surface area contributed by atoms with Crippen molar-refractivity contribution in [2.24, 2.45) is 0 Å². The fourth-order valence-electron chi connectivity index (χ4n) is 3.10. The van der Waals surface area contributed by atoms with Crippen LogP contribution in [-0.2, 0) is 16.9 Å². The van der Waals surface area contributed by atoms with E-state index in [0.717, 1.165) is 16.9 Å². The molecule has 146 valence electrons. The van der Waals surface area contributed by atoms with Gasteiger partial charge >= 0.3 is 0 Å². The molecule has 0 spiro atoms. The zero-order valence-corrected chi connectivity index (χ0v) is 17.8. The number of allylic oxidation sites excluding steroid dienone is 1. The van der Waals surface area contributed by atoms with Crippen LogP contribution in [0.4, 0.5) is 0 Å². The molecule has 0 saturated heterocycles. The maximum Gasteiger partial charge on any atom is 0.268 e. The summed E-state index contributed by atoms with van der Waals surface area (Å²) in [6, 6.07) is 28.2. The molecule has 29 heavy (non-hydrogen) atoms. The van der Waals surface area contributed by atoms with Crippen LogP contribution < -0.4 is 0 Å². The minimum Gasteiger partial charge on any atom is -0.466 e. The van der Waals surface area contributed by atoms with E-state index in [9.17, 15) is 4.79 Å². The van der Waals surface area contributed by atoms with Gasteiger partial charge in [0, 0.05) is 22.6 Å². The Morgan fingerprint density at radius 3 is 2.17 bits per heavy atom. The first-order chi connectivity index (χ1) is 14.1. The predicted molar refractivity (Wildman–Crippen MR) is 123 cm³/mol. The topological polar surface area (TPSA) is 26.3 Å². The number of ether oxygens (including phenoxy) is 1. The number of aryl methyl sites for hydroxylation is 1. The highest BCUT2D eigenvalue weighted by Crippen LogP contribution is 2.51. The molecule has 0 bridgehead atoms. The van der Waals surface area contributed by atoms with Gasteiger partial charge in [0.15, 0.2) is 0 Å². The average Bonchev–Trinajstić information content (AvgIpc) is 3.18.